The number of nitrogens with zero attached hydrogens (tertiary/aromatic N) is 2. The third-order valence-electron chi connectivity index (χ3n) is 5.71. The number of carbonyl (C=O) groups excluding carboxylic acids is 1. The van der Waals surface area contributed by atoms with Gasteiger partial charge in [0.25, 0.3) is 0 Å². The molecule has 2 aromatic carbocycles. The van der Waals surface area contributed by atoms with Crippen LogP contribution >= 0.6 is 0 Å². The number of alkyl halides is 3. The molecule has 34 heavy (non-hydrogen) atoms. The fraction of sp³-hybridized carbons (Fsp3) is 0.231. The Hall–Kier alpha value is -3.81. The minimum absolute atomic E-state index is 0.0207. The first-order chi connectivity index (χ1) is 16.4. The summed E-state index contributed by atoms with van der Waals surface area (Å²) in [6.07, 6.45) is -1.79. The molecule has 1 aliphatic heterocycles. The van der Waals surface area contributed by atoms with E-state index in [1.807, 2.05) is 36.4 Å². The molecular weight excluding hydrogens is 443 g/mol. The fourth-order valence-electron chi connectivity index (χ4n) is 3.87. The van der Waals surface area contributed by atoms with Gasteiger partial charge in [-0.3, -0.25) is 9.69 Å². The number of aromatic nitrogens is 1. The Bertz CT molecular complexity index is 1220. The molecule has 0 saturated heterocycles. The van der Waals surface area contributed by atoms with E-state index in [-0.39, 0.29) is 17.3 Å². The van der Waals surface area contributed by atoms with Gasteiger partial charge in [-0.15, -0.1) is 0 Å². The van der Waals surface area contributed by atoms with Gasteiger partial charge in [0.05, 0.1) is 12.2 Å². The van der Waals surface area contributed by atoms with Gasteiger partial charge in [0.1, 0.15) is 11.6 Å². The predicted octanol–water partition coefficient (Wildman–Crippen LogP) is 6.11. The van der Waals surface area contributed by atoms with E-state index in [0.717, 1.165) is 18.9 Å². The number of fused-ring (bicyclic) bond motifs is 1. The first kappa shape index (κ1) is 22.0. The summed E-state index contributed by atoms with van der Waals surface area (Å²) < 4.78 is 48.1. The van der Waals surface area contributed by atoms with Gasteiger partial charge < -0.3 is 10.1 Å². The normalized spacial score (nSPS) is 15.9. The second-order valence-electron chi connectivity index (χ2n) is 8.40. The van der Waals surface area contributed by atoms with Crippen molar-refractivity contribution in [3.8, 4) is 5.88 Å². The molecule has 0 bridgehead atoms. The fourth-order valence-corrected chi connectivity index (χ4v) is 3.87. The smallest absolute Gasteiger partial charge is 0.417 e. The molecule has 5 rings (SSSR count). The zero-order valence-corrected chi connectivity index (χ0v) is 18.2. The first-order valence-corrected chi connectivity index (χ1v) is 11.0. The molecule has 2 aliphatic rings. The summed E-state index contributed by atoms with van der Waals surface area (Å²) in [5, 5.41) is 3.18. The zero-order chi connectivity index (χ0) is 23.7. The van der Waals surface area contributed by atoms with Crippen LogP contribution in [-0.4, -0.2) is 17.4 Å². The number of ketones is 1. The average molecular weight is 465 g/mol. The van der Waals surface area contributed by atoms with Crippen LogP contribution in [0, 0.1) is 5.92 Å². The zero-order valence-electron chi connectivity index (χ0n) is 18.2. The lowest BCUT2D eigenvalue weighted by atomic mass is 10.0. The maximum absolute atomic E-state index is 14.2. The predicted molar refractivity (Wildman–Crippen MR) is 123 cm³/mol. The molecule has 0 unspecified atom stereocenters. The second-order valence-corrected chi connectivity index (χ2v) is 8.40. The molecular formula is C26H22F3N3O2. The Morgan fingerprint density at radius 2 is 1.71 bits per heavy atom. The van der Waals surface area contributed by atoms with E-state index in [1.165, 1.54) is 6.08 Å². The van der Waals surface area contributed by atoms with Crippen LogP contribution in [-0.2, 0) is 17.4 Å². The maximum atomic E-state index is 14.2. The third-order valence-corrected chi connectivity index (χ3v) is 5.71. The minimum atomic E-state index is -4.68. The number of anilines is 3. The van der Waals surface area contributed by atoms with Gasteiger partial charge in [0.2, 0.25) is 5.88 Å². The van der Waals surface area contributed by atoms with Crippen molar-refractivity contribution in [3.63, 3.8) is 0 Å². The highest BCUT2D eigenvalue weighted by Crippen LogP contribution is 2.43. The number of allylic oxidation sites excluding steroid dienone is 1. The van der Waals surface area contributed by atoms with Crippen LogP contribution in [0.15, 0.2) is 78.6 Å². The second kappa shape index (κ2) is 8.85. The van der Waals surface area contributed by atoms with Gasteiger partial charge in [0, 0.05) is 35.5 Å². The van der Waals surface area contributed by atoms with Crippen molar-refractivity contribution in [2.45, 2.75) is 25.4 Å². The summed E-state index contributed by atoms with van der Waals surface area (Å²) in [7, 11) is 0. The molecule has 2 heterocycles. The lowest BCUT2D eigenvalue weighted by Crippen LogP contribution is -2.25. The van der Waals surface area contributed by atoms with E-state index in [2.05, 4.69) is 10.3 Å². The van der Waals surface area contributed by atoms with Crippen LogP contribution in [0.25, 0.3) is 0 Å². The summed E-state index contributed by atoms with van der Waals surface area (Å²) in [5.41, 5.74) is 0.157. The van der Waals surface area contributed by atoms with E-state index in [4.69, 9.17) is 4.74 Å². The molecule has 1 N–H and O–H groups in total. The number of pyridine rings is 1. The standard InChI is InChI=1S/C26H22F3N3O2/c27-26(28,29)22-15-24(34-16-17-11-12-17)31-25-21(22)13-20(33)14-23(30-18-7-3-1-4-8-18)32(25)19-9-5-2-6-10-19/h1-10,14-15,17,30H,11-13,16H2. The van der Waals surface area contributed by atoms with Gasteiger partial charge >= 0.3 is 6.18 Å². The van der Waals surface area contributed by atoms with E-state index in [9.17, 15) is 18.0 Å². The van der Waals surface area contributed by atoms with E-state index >= 15 is 0 Å². The number of benzene rings is 2. The molecule has 3 aromatic rings. The van der Waals surface area contributed by atoms with Crippen molar-refractivity contribution in [1.82, 2.24) is 4.98 Å². The molecule has 174 valence electrons. The summed E-state index contributed by atoms with van der Waals surface area (Å²) in [6, 6.07) is 18.9. The maximum Gasteiger partial charge on any atom is 0.417 e. The van der Waals surface area contributed by atoms with Gasteiger partial charge in [-0.05, 0) is 43.0 Å². The van der Waals surface area contributed by atoms with Crippen LogP contribution in [0.2, 0.25) is 0 Å². The number of ether oxygens (including phenoxy) is 1. The van der Waals surface area contributed by atoms with Crippen molar-refractivity contribution in [1.29, 1.82) is 0 Å². The number of rotatable bonds is 6. The first-order valence-electron chi connectivity index (χ1n) is 11.0. The lowest BCUT2D eigenvalue weighted by molar-refractivity contribution is -0.138. The highest BCUT2D eigenvalue weighted by Gasteiger charge is 2.39. The number of hydrogen-bond donors (Lipinski definition) is 1. The molecule has 8 heteroatoms. The Labute approximate surface area is 194 Å². The number of nitrogens with one attached hydrogen (secondary N) is 1. The van der Waals surface area contributed by atoms with Crippen molar-refractivity contribution in [2.24, 2.45) is 5.92 Å². The lowest BCUT2D eigenvalue weighted by Gasteiger charge is -2.29. The van der Waals surface area contributed by atoms with Crippen LogP contribution < -0.4 is 15.0 Å². The molecule has 1 aliphatic carbocycles. The quantitative estimate of drug-likeness (QED) is 0.476. The Kier molecular flexibility index (Phi) is 5.73. The van der Waals surface area contributed by atoms with Crippen molar-refractivity contribution in [3.05, 3.63) is 89.8 Å². The van der Waals surface area contributed by atoms with Crippen LogP contribution in [0.3, 0.4) is 0 Å². The van der Waals surface area contributed by atoms with Crippen LogP contribution in [0.5, 0.6) is 5.88 Å². The average Bonchev–Trinajstić information content (AvgIpc) is 3.65. The topological polar surface area (TPSA) is 54.5 Å². The van der Waals surface area contributed by atoms with Gasteiger partial charge in [-0.25, -0.2) is 0 Å². The Morgan fingerprint density at radius 1 is 1.03 bits per heavy atom. The van der Waals surface area contributed by atoms with Crippen LogP contribution in [0.4, 0.5) is 30.4 Å². The van der Waals surface area contributed by atoms with Gasteiger partial charge in [-0.1, -0.05) is 36.4 Å². The molecule has 1 saturated carbocycles. The van der Waals surface area contributed by atoms with Crippen molar-refractivity contribution >= 4 is 23.0 Å². The number of carbonyl (C=O) groups is 1. The van der Waals surface area contributed by atoms with Crippen molar-refractivity contribution < 1.29 is 22.7 Å². The van der Waals surface area contributed by atoms with Gasteiger partial charge in [-0.2, -0.15) is 18.2 Å². The number of para-hydroxylation sites is 2. The van der Waals surface area contributed by atoms with Crippen molar-refractivity contribution in [2.75, 3.05) is 16.8 Å². The highest BCUT2D eigenvalue weighted by atomic mass is 19.4. The Morgan fingerprint density at radius 3 is 2.35 bits per heavy atom. The highest BCUT2D eigenvalue weighted by molar-refractivity contribution is 5.97. The van der Waals surface area contributed by atoms with Crippen LogP contribution in [0.1, 0.15) is 24.0 Å². The number of halogens is 3. The largest absolute Gasteiger partial charge is 0.477 e. The molecule has 0 spiro atoms. The minimum Gasteiger partial charge on any atom is -0.477 e. The summed E-state index contributed by atoms with van der Waals surface area (Å²) in [5.74, 6) is 0.106. The third kappa shape index (κ3) is 4.76. The summed E-state index contributed by atoms with van der Waals surface area (Å²) in [4.78, 5) is 18.9. The molecule has 0 amide bonds. The monoisotopic (exact) mass is 465 g/mol. The van der Waals surface area contributed by atoms with E-state index in [1.54, 1.807) is 29.2 Å². The molecule has 5 nitrogen and oxygen atoms in total. The summed E-state index contributed by atoms with van der Waals surface area (Å²) >= 11 is 0. The van der Waals surface area contributed by atoms with Gasteiger partial charge in [0.15, 0.2) is 5.78 Å². The molecule has 0 atom stereocenters. The molecule has 1 aromatic heterocycles. The number of hydrogen-bond acceptors (Lipinski definition) is 5. The molecule has 0 radical (unpaired) electrons. The SMILES string of the molecule is O=C1C=C(Nc2ccccc2)N(c2ccccc2)c2nc(OCC3CC3)cc(C(F)(F)F)c2C1. The van der Waals surface area contributed by atoms with E-state index < -0.39 is 23.9 Å². The summed E-state index contributed by atoms with van der Waals surface area (Å²) in [6.45, 7) is 0.318. The van der Waals surface area contributed by atoms with E-state index in [0.29, 0.717) is 29.7 Å². The molecule has 1 fully saturated rings. The Balaban J connectivity index is 1.68.